The molecule has 8 nitrogen and oxygen atoms in total. The Morgan fingerprint density at radius 3 is 1.41 bits per heavy atom. The van der Waals surface area contributed by atoms with E-state index in [0.29, 0.717) is 18.9 Å². The van der Waals surface area contributed by atoms with Crippen LogP contribution in [0.1, 0.15) is 166 Å². The summed E-state index contributed by atoms with van der Waals surface area (Å²) >= 11 is 0. The molecule has 0 N–H and O–H groups in total. The minimum atomic E-state index is -5.75. The Morgan fingerprint density at radius 2 is 1.10 bits per heavy atom. The minimum Gasteiger partial charge on any atom is -0.414 e. The lowest BCUT2D eigenvalue weighted by molar-refractivity contribution is -0.121. The largest absolute Gasteiger partial charge is 0.534 e. The summed E-state index contributed by atoms with van der Waals surface area (Å²) in [5.41, 5.74) is -3.20. The van der Waals surface area contributed by atoms with Crippen LogP contribution in [0.15, 0.2) is 36.6 Å². The third kappa shape index (κ3) is 19.4. The van der Waals surface area contributed by atoms with Gasteiger partial charge in [-0.1, -0.05) is 115 Å². The summed E-state index contributed by atoms with van der Waals surface area (Å²) in [5.74, 6) is -0.802. The van der Waals surface area contributed by atoms with E-state index >= 15 is 0 Å². The normalized spacial score (nSPS) is 22.7. The number of alkyl halides is 3. The predicted molar refractivity (Wildman–Crippen MR) is 250 cm³/mol. The van der Waals surface area contributed by atoms with Crippen LogP contribution in [-0.2, 0) is 37.4 Å². The van der Waals surface area contributed by atoms with Crippen molar-refractivity contribution in [2.24, 2.45) is 11.8 Å². The lowest BCUT2D eigenvalue weighted by atomic mass is 9.95. The van der Waals surface area contributed by atoms with Gasteiger partial charge in [0.1, 0.15) is 11.5 Å². The molecule has 2 aliphatic rings. The van der Waals surface area contributed by atoms with Crippen LogP contribution in [0, 0.1) is 11.8 Å². The van der Waals surface area contributed by atoms with Gasteiger partial charge in [-0.05, 0) is 119 Å². The molecule has 0 aliphatic carbocycles. The van der Waals surface area contributed by atoms with E-state index in [0.717, 1.165) is 63.4 Å². The lowest BCUT2D eigenvalue weighted by Gasteiger charge is -2.40. The molecule has 8 atom stereocenters. The van der Waals surface area contributed by atoms with Gasteiger partial charge >= 0.3 is 15.6 Å². The summed E-state index contributed by atoms with van der Waals surface area (Å²) in [7, 11) is -9.82. The average Bonchev–Trinajstić information content (AvgIpc) is 3.65. The number of ether oxygens (including phenoxy) is 2. The summed E-state index contributed by atoms with van der Waals surface area (Å²) < 4.78 is 91.0. The number of carbonyl (C=O) groups is 1. The van der Waals surface area contributed by atoms with Gasteiger partial charge in [0, 0.05) is 24.0 Å². The predicted octanol–water partition coefficient (Wildman–Crippen LogP) is 14.1. The van der Waals surface area contributed by atoms with Crippen molar-refractivity contribution in [2.75, 3.05) is 0 Å². The Morgan fingerprint density at radius 1 is 0.738 bits per heavy atom. The van der Waals surface area contributed by atoms with Crippen molar-refractivity contribution in [2.45, 2.75) is 244 Å². The third-order valence-electron chi connectivity index (χ3n) is 13.4. The van der Waals surface area contributed by atoms with Crippen LogP contribution in [0.25, 0.3) is 0 Å². The van der Waals surface area contributed by atoms with Crippen LogP contribution in [0.4, 0.5) is 13.2 Å². The monoisotopic (exact) mass is 925 g/mol. The molecule has 61 heavy (non-hydrogen) atoms. The number of halogens is 3. The van der Waals surface area contributed by atoms with Gasteiger partial charge in [0.2, 0.25) is 0 Å². The molecule has 0 saturated carbocycles. The zero-order valence-electron chi connectivity index (χ0n) is 40.9. The molecule has 0 aromatic carbocycles. The second-order valence-electron chi connectivity index (χ2n) is 21.0. The molecule has 358 valence electrons. The van der Waals surface area contributed by atoms with Crippen LogP contribution in [0.2, 0.25) is 36.3 Å². The number of ketones is 1. The van der Waals surface area contributed by atoms with E-state index in [1.807, 2.05) is 6.92 Å². The van der Waals surface area contributed by atoms with Crippen molar-refractivity contribution in [3.8, 4) is 0 Å². The fourth-order valence-corrected chi connectivity index (χ4v) is 10.4. The molecule has 2 heterocycles. The fraction of sp³-hybridized carbons (Fsp3) is 0.851. The number of unbranched alkanes of at least 4 members (excludes halogenated alkanes) is 2. The van der Waals surface area contributed by atoms with E-state index in [-0.39, 0.29) is 58.7 Å². The topological polar surface area (TPSA) is 97.4 Å². The first-order valence-electron chi connectivity index (χ1n) is 22.9. The van der Waals surface area contributed by atoms with Crippen LogP contribution < -0.4 is 0 Å². The molecule has 4 unspecified atom stereocenters. The first-order chi connectivity index (χ1) is 27.7. The minimum absolute atomic E-state index is 0.0461. The second kappa shape index (κ2) is 24.3. The summed E-state index contributed by atoms with van der Waals surface area (Å²) in [5, 5.41) is 0.101. The fourth-order valence-electron chi connectivity index (χ4n) is 7.02. The molecule has 0 spiro atoms. The molecular formula is C47H87F3O8SSi2. The Labute approximate surface area is 373 Å². The smallest absolute Gasteiger partial charge is 0.414 e. The van der Waals surface area contributed by atoms with Crippen molar-refractivity contribution >= 4 is 32.5 Å². The Hall–Kier alpha value is -1.30. The van der Waals surface area contributed by atoms with Crippen LogP contribution >= 0.6 is 0 Å². The van der Waals surface area contributed by atoms with Crippen LogP contribution in [-0.4, -0.2) is 73.0 Å². The Bertz CT molecular complexity index is 1520. The molecule has 14 heteroatoms. The third-order valence-corrected chi connectivity index (χ3v) is 23.4. The van der Waals surface area contributed by atoms with Crippen molar-refractivity contribution in [1.82, 2.24) is 0 Å². The highest BCUT2D eigenvalue weighted by atomic mass is 32.2. The van der Waals surface area contributed by atoms with E-state index in [9.17, 15) is 26.4 Å². The van der Waals surface area contributed by atoms with E-state index in [1.165, 1.54) is 18.4 Å². The van der Waals surface area contributed by atoms with Gasteiger partial charge in [0.15, 0.2) is 16.6 Å². The van der Waals surface area contributed by atoms with Gasteiger partial charge in [0.25, 0.3) is 0 Å². The average molecular weight is 925 g/mol. The van der Waals surface area contributed by atoms with Crippen molar-refractivity contribution in [3.63, 3.8) is 0 Å². The summed E-state index contributed by atoms with van der Waals surface area (Å²) in [6, 6.07) is 0. The number of carbonyl (C=O) groups excluding carboxylic acids is 1. The van der Waals surface area contributed by atoms with Crippen molar-refractivity contribution < 1.29 is 48.9 Å². The highest BCUT2D eigenvalue weighted by molar-refractivity contribution is 7.87. The van der Waals surface area contributed by atoms with Gasteiger partial charge in [-0.25, -0.2) is 0 Å². The zero-order valence-corrected chi connectivity index (χ0v) is 43.8. The molecule has 0 aromatic rings. The van der Waals surface area contributed by atoms with Crippen LogP contribution in [0.5, 0.6) is 0 Å². The van der Waals surface area contributed by atoms with E-state index in [4.69, 9.17) is 18.3 Å². The second-order valence-corrected chi connectivity index (χ2v) is 32.0. The van der Waals surface area contributed by atoms with E-state index < -0.39 is 43.9 Å². The molecule has 2 rings (SSSR count). The maximum absolute atomic E-state index is 12.7. The molecular weight excluding hydrogens is 838 g/mol. The molecule has 0 radical (unpaired) electrons. The first-order valence-corrected chi connectivity index (χ1v) is 30.1. The highest BCUT2D eigenvalue weighted by Crippen LogP contribution is 2.41. The number of allylic oxidation sites excluding steroid dienone is 1. The van der Waals surface area contributed by atoms with Crippen molar-refractivity contribution in [1.29, 1.82) is 0 Å². The quantitative estimate of drug-likeness (QED) is 0.0310. The number of rotatable bonds is 24. The SMILES string of the molecule is C=C1CC(CCCC)OC1CC[C@@H](C[C@@H](C)C(=C)OS(=O)(=O)C(F)(F)F)O[Si](C)(C)C(C)(C)C.C=C1CC(CCCC)OC1CC[C@@H](C[C@@H](C)C(C)=O)O[Si](C)(C)C(C)(C)C. The number of hydrogen-bond acceptors (Lipinski definition) is 8. The number of hydrogen-bond donors (Lipinski definition) is 0. The van der Waals surface area contributed by atoms with Crippen LogP contribution in [0.3, 0.4) is 0 Å². The standard InChI is InChI=1S/C24H43F3O5SSi.C23H44O3Si/c1-10-11-12-20-16-18(3)22(30-20)14-13-21(32-34(8,9)23(5,6)7)15-17(2)19(4)31-33(28,29)24(25,26)27;1-10-11-12-20-16-18(3)22(25-20)14-13-21(15-17(2)19(4)24)26-27(8,9)23(5,6)7/h17,20-22H,3-4,10-16H2,1-2,5-9H3;17,20-22H,3,10-16H2,1-2,4-9H3/t2*17-,20?,21+,22?/m11/s1. The van der Waals surface area contributed by atoms with E-state index in [2.05, 4.69) is 105 Å². The summed E-state index contributed by atoms with van der Waals surface area (Å²) in [6.07, 6.45) is 13.3. The van der Waals surface area contributed by atoms with Gasteiger partial charge < -0.3 is 22.5 Å². The lowest BCUT2D eigenvalue weighted by Crippen LogP contribution is -2.44. The van der Waals surface area contributed by atoms with Gasteiger partial charge in [0.05, 0.1) is 24.4 Å². The Kier molecular flexibility index (Phi) is 23.0. The molecule has 0 bridgehead atoms. The zero-order chi connectivity index (χ0) is 47.4. The maximum Gasteiger partial charge on any atom is 0.534 e. The first kappa shape index (κ1) is 57.7. The maximum atomic E-state index is 12.7. The summed E-state index contributed by atoms with van der Waals surface area (Å²) in [6.45, 7) is 43.5. The van der Waals surface area contributed by atoms with E-state index in [1.54, 1.807) is 13.8 Å². The highest BCUT2D eigenvalue weighted by Gasteiger charge is 2.49. The number of Topliss-reactive ketones (excluding diaryl/α,β-unsaturated/α-hetero) is 1. The Balaban J connectivity index is 0.000000626. The molecule has 0 aromatic heterocycles. The van der Waals surface area contributed by atoms with Gasteiger partial charge in [-0.2, -0.15) is 21.6 Å². The van der Waals surface area contributed by atoms with Crippen molar-refractivity contribution in [3.05, 3.63) is 36.6 Å². The summed E-state index contributed by atoms with van der Waals surface area (Å²) in [4.78, 5) is 11.8. The molecule has 2 saturated heterocycles. The molecule has 0 amide bonds. The van der Waals surface area contributed by atoms with Gasteiger partial charge in [-0.15, -0.1) is 0 Å². The molecule has 2 aliphatic heterocycles. The molecule has 2 fully saturated rings. The van der Waals surface area contributed by atoms with Gasteiger partial charge in [-0.3, -0.25) is 4.79 Å².